The molecule has 0 saturated carbocycles. The average Bonchev–Trinajstić information content (AvgIpc) is 2.91. The van der Waals surface area contributed by atoms with Gasteiger partial charge in [0, 0.05) is 20.0 Å². The van der Waals surface area contributed by atoms with Gasteiger partial charge in [0.2, 0.25) is 0 Å². The van der Waals surface area contributed by atoms with E-state index in [1.807, 2.05) is 7.05 Å². The van der Waals surface area contributed by atoms with Gasteiger partial charge in [0.05, 0.1) is 6.04 Å². The Morgan fingerprint density at radius 2 is 2.44 bits per heavy atom. The predicted molar refractivity (Wildman–Crippen MR) is 57.1 cm³/mol. The maximum atomic E-state index is 12.1. The van der Waals surface area contributed by atoms with Crippen LogP contribution < -0.4 is 5.32 Å². The lowest BCUT2D eigenvalue weighted by molar-refractivity contribution is 0.0772. The summed E-state index contributed by atoms with van der Waals surface area (Å²) >= 11 is 0. The van der Waals surface area contributed by atoms with Crippen molar-refractivity contribution in [2.45, 2.75) is 25.3 Å². The molecule has 1 atom stereocenters. The normalized spacial score (nSPS) is 24.9. The van der Waals surface area contributed by atoms with Gasteiger partial charge >= 0.3 is 0 Å². The molecule has 1 fully saturated rings. The van der Waals surface area contributed by atoms with E-state index in [2.05, 4.69) is 10.5 Å². The Labute approximate surface area is 93.8 Å². The van der Waals surface area contributed by atoms with Gasteiger partial charge in [-0.1, -0.05) is 5.16 Å². The third-order valence-corrected chi connectivity index (χ3v) is 3.41. The number of carbonyl (C=O) groups is 1. The molecule has 1 unspecified atom stereocenters. The van der Waals surface area contributed by atoms with E-state index in [0.717, 1.165) is 43.8 Å². The molecule has 2 aliphatic heterocycles. The number of hydrogen-bond donors (Lipinski definition) is 1. The molecule has 5 heteroatoms. The molecular formula is C11H15N3O2. The zero-order chi connectivity index (χ0) is 11.1. The largest absolute Gasteiger partial charge is 0.360 e. The van der Waals surface area contributed by atoms with Crippen LogP contribution in [-0.2, 0) is 6.42 Å². The van der Waals surface area contributed by atoms with Crippen molar-refractivity contribution in [3.8, 4) is 0 Å². The molecule has 3 heterocycles. The third-order valence-electron chi connectivity index (χ3n) is 3.41. The first-order chi connectivity index (χ1) is 7.77. The van der Waals surface area contributed by atoms with Crippen molar-refractivity contribution in [3.05, 3.63) is 17.0 Å². The standard InChI is InChI=1S/C11H15N3O2/c1-14-6-4-8-9(11(14)15)10(13-16-8)7-3-2-5-12-7/h7,12H,2-6H2,1H3. The highest BCUT2D eigenvalue weighted by Crippen LogP contribution is 2.30. The number of nitrogens with one attached hydrogen (secondary N) is 1. The topological polar surface area (TPSA) is 58.4 Å². The first kappa shape index (κ1) is 9.84. The van der Waals surface area contributed by atoms with Gasteiger partial charge in [-0.2, -0.15) is 0 Å². The number of carbonyl (C=O) groups excluding carboxylic acids is 1. The SMILES string of the molecule is CN1CCc2onc(C3CCCN3)c2C1=O. The van der Waals surface area contributed by atoms with Crippen molar-refractivity contribution in [1.82, 2.24) is 15.4 Å². The van der Waals surface area contributed by atoms with Crippen LogP contribution in [0.1, 0.15) is 40.7 Å². The van der Waals surface area contributed by atoms with Crippen LogP contribution in [0.3, 0.4) is 0 Å². The summed E-state index contributed by atoms with van der Waals surface area (Å²) in [6, 6.07) is 0.197. The molecule has 0 radical (unpaired) electrons. The maximum absolute atomic E-state index is 12.1. The number of amides is 1. The average molecular weight is 221 g/mol. The molecule has 0 aromatic carbocycles. The van der Waals surface area contributed by atoms with Gasteiger partial charge in [0.1, 0.15) is 11.3 Å². The van der Waals surface area contributed by atoms with Crippen molar-refractivity contribution in [2.24, 2.45) is 0 Å². The van der Waals surface area contributed by atoms with E-state index in [1.54, 1.807) is 4.90 Å². The summed E-state index contributed by atoms with van der Waals surface area (Å²) < 4.78 is 5.28. The van der Waals surface area contributed by atoms with Crippen LogP contribution in [0.25, 0.3) is 0 Å². The molecule has 1 saturated heterocycles. The molecule has 3 rings (SSSR count). The summed E-state index contributed by atoms with van der Waals surface area (Å²) in [7, 11) is 1.82. The fraction of sp³-hybridized carbons (Fsp3) is 0.636. The van der Waals surface area contributed by atoms with Crippen LogP contribution in [0, 0.1) is 0 Å². The second-order valence-electron chi connectivity index (χ2n) is 4.49. The zero-order valence-corrected chi connectivity index (χ0v) is 9.32. The zero-order valence-electron chi connectivity index (χ0n) is 9.32. The molecule has 1 amide bonds. The molecule has 16 heavy (non-hydrogen) atoms. The lowest BCUT2D eigenvalue weighted by Crippen LogP contribution is -2.34. The van der Waals surface area contributed by atoms with Crippen molar-refractivity contribution < 1.29 is 9.32 Å². The van der Waals surface area contributed by atoms with Gasteiger partial charge in [-0.3, -0.25) is 4.79 Å². The highest BCUT2D eigenvalue weighted by molar-refractivity contribution is 5.97. The maximum Gasteiger partial charge on any atom is 0.259 e. The lowest BCUT2D eigenvalue weighted by Gasteiger charge is -2.22. The molecular weight excluding hydrogens is 206 g/mol. The van der Waals surface area contributed by atoms with Crippen LogP contribution >= 0.6 is 0 Å². The van der Waals surface area contributed by atoms with E-state index in [0.29, 0.717) is 5.56 Å². The summed E-state index contributed by atoms with van der Waals surface area (Å²) in [6.45, 7) is 1.72. The molecule has 0 spiro atoms. The fourth-order valence-electron chi connectivity index (χ4n) is 2.46. The fourth-order valence-corrected chi connectivity index (χ4v) is 2.46. The van der Waals surface area contributed by atoms with E-state index in [1.165, 1.54) is 0 Å². The Kier molecular flexibility index (Phi) is 2.21. The van der Waals surface area contributed by atoms with E-state index >= 15 is 0 Å². The predicted octanol–water partition coefficient (Wildman–Crippen LogP) is 0.727. The second-order valence-corrected chi connectivity index (χ2v) is 4.49. The molecule has 1 aromatic heterocycles. The highest BCUT2D eigenvalue weighted by Gasteiger charge is 2.33. The van der Waals surface area contributed by atoms with Gasteiger partial charge in [0.15, 0.2) is 5.76 Å². The van der Waals surface area contributed by atoms with Gasteiger partial charge in [0.25, 0.3) is 5.91 Å². The van der Waals surface area contributed by atoms with Crippen LogP contribution in [0.5, 0.6) is 0 Å². The monoisotopic (exact) mass is 221 g/mol. The lowest BCUT2D eigenvalue weighted by atomic mass is 10.0. The van der Waals surface area contributed by atoms with Gasteiger partial charge in [-0.25, -0.2) is 0 Å². The van der Waals surface area contributed by atoms with Crippen molar-refractivity contribution >= 4 is 5.91 Å². The molecule has 5 nitrogen and oxygen atoms in total. The van der Waals surface area contributed by atoms with E-state index < -0.39 is 0 Å². The first-order valence-corrected chi connectivity index (χ1v) is 5.74. The van der Waals surface area contributed by atoms with Crippen LogP contribution in [0.15, 0.2) is 4.52 Å². The summed E-state index contributed by atoms with van der Waals surface area (Å²) in [5.41, 5.74) is 1.51. The molecule has 0 bridgehead atoms. The number of aromatic nitrogens is 1. The van der Waals surface area contributed by atoms with Crippen LogP contribution in [-0.4, -0.2) is 36.1 Å². The molecule has 86 valence electrons. The molecule has 2 aliphatic rings. The minimum atomic E-state index is 0.0474. The van der Waals surface area contributed by atoms with Crippen LogP contribution in [0.2, 0.25) is 0 Å². The molecule has 1 N–H and O–H groups in total. The van der Waals surface area contributed by atoms with Crippen molar-refractivity contribution in [2.75, 3.05) is 20.1 Å². The molecule has 1 aromatic rings. The van der Waals surface area contributed by atoms with Crippen LogP contribution in [0.4, 0.5) is 0 Å². The Morgan fingerprint density at radius 3 is 3.19 bits per heavy atom. The second kappa shape index (κ2) is 3.59. The van der Waals surface area contributed by atoms with E-state index in [4.69, 9.17) is 4.52 Å². The number of likely N-dealkylation sites (N-methyl/N-ethyl adjacent to an activating group) is 1. The van der Waals surface area contributed by atoms with E-state index in [-0.39, 0.29) is 11.9 Å². The molecule has 0 aliphatic carbocycles. The summed E-state index contributed by atoms with van der Waals surface area (Å²) in [5.74, 6) is 0.804. The first-order valence-electron chi connectivity index (χ1n) is 5.74. The highest BCUT2D eigenvalue weighted by atomic mass is 16.5. The van der Waals surface area contributed by atoms with E-state index in [9.17, 15) is 4.79 Å². The Morgan fingerprint density at radius 1 is 1.56 bits per heavy atom. The Hall–Kier alpha value is -1.36. The number of nitrogens with zero attached hydrogens (tertiary/aromatic N) is 2. The summed E-state index contributed by atoms with van der Waals surface area (Å²) in [6.07, 6.45) is 2.95. The smallest absolute Gasteiger partial charge is 0.259 e. The van der Waals surface area contributed by atoms with Gasteiger partial charge in [-0.05, 0) is 19.4 Å². The summed E-state index contributed by atoms with van der Waals surface area (Å²) in [4.78, 5) is 13.8. The number of rotatable bonds is 1. The minimum Gasteiger partial charge on any atom is -0.360 e. The Balaban J connectivity index is 2.01. The van der Waals surface area contributed by atoms with Crippen molar-refractivity contribution in [3.63, 3.8) is 0 Å². The van der Waals surface area contributed by atoms with Gasteiger partial charge in [-0.15, -0.1) is 0 Å². The quantitative estimate of drug-likeness (QED) is 0.759. The Bertz CT molecular complexity index is 421. The van der Waals surface area contributed by atoms with Gasteiger partial charge < -0.3 is 14.7 Å². The summed E-state index contributed by atoms with van der Waals surface area (Å²) in [5, 5.41) is 7.43. The van der Waals surface area contributed by atoms with Crippen molar-refractivity contribution in [1.29, 1.82) is 0 Å². The number of fused-ring (bicyclic) bond motifs is 1. The minimum absolute atomic E-state index is 0.0474. The number of hydrogen-bond acceptors (Lipinski definition) is 4. The third kappa shape index (κ3) is 1.35.